The molecule has 3 heterocycles. The van der Waals surface area contributed by atoms with Gasteiger partial charge in [0.1, 0.15) is 5.54 Å². The first-order valence-electron chi connectivity index (χ1n) is 6.76. The third kappa shape index (κ3) is 1.80. The Labute approximate surface area is 124 Å². The summed E-state index contributed by atoms with van der Waals surface area (Å²) in [6, 6.07) is 1.97. The first-order chi connectivity index (χ1) is 9.67. The molecule has 2 aromatic heterocycles. The van der Waals surface area contributed by atoms with E-state index in [4.69, 9.17) is 0 Å². The van der Waals surface area contributed by atoms with Crippen molar-refractivity contribution in [2.75, 3.05) is 5.32 Å². The van der Waals surface area contributed by atoms with Crippen molar-refractivity contribution < 1.29 is 4.79 Å². The Morgan fingerprint density at radius 2 is 2.30 bits per heavy atom. The maximum atomic E-state index is 12.5. The molecule has 0 spiro atoms. The van der Waals surface area contributed by atoms with E-state index in [1.165, 1.54) is 5.69 Å². The number of aryl methyl sites for hydroxylation is 2. The SMILES string of the molecule is O=C(Nc1cc2n(n1)CCC2)C1(n2cc(Br)cn2)CC1. The monoisotopic (exact) mass is 335 g/mol. The number of amides is 1. The third-order valence-corrected chi connectivity index (χ3v) is 4.45. The number of carbonyl (C=O) groups is 1. The summed E-state index contributed by atoms with van der Waals surface area (Å²) >= 11 is 3.37. The highest BCUT2D eigenvalue weighted by atomic mass is 79.9. The summed E-state index contributed by atoms with van der Waals surface area (Å²) in [7, 11) is 0. The van der Waals surface area contributed by atoms with Gasteiger partial charge < -0.3 is 5.32 Å². The highest BCUT2D eigenvalue weighted by molar-refractivity contribution is 9.10. The van der Waals surface area contributed by atoms with Crippen LogP contribution in [0.3, 0.4) is 0 Å². The zero-order valence-electron chi connectivity index (χ0n) is 10.8. The fourth-order valence-electron chi connectivity index (χ4n) is 2.77. The Balaban J connectivity index is 1.55. The van der Waals surface area contributed by atoms with Crippen LogP contribution in [-0.4, -0.2) is 25.5 Å². The average molecular weight is 336 g/mol. The number of fused-ring (bicyclic) bond motifs is 1. The minimum absolute atomic E-state index is 0.0233. The van der Waals surface area contributed by atoms with Gasteiger partial charge in [0.05, 0.1) is 10.7 Å². The van der Waals surface area contributed by atoms with Crippen molar-refractivity contribution in [2.24, 2.45) is 0 Å². The molecular formula is C13H14BrN5O. The van der Waals surface area contributed by atoms with Crippen LogP contribution in [-0.2, 0) is 23.3 Å². The van der Waals surface area contributed by atoms with Gasteiger partial charge in [-0.25, -0.2) is 0 Å². The molecule has 4 rings (SSSR count). The molecule has 2 aromatic rings. The molecule has 0 bridgehead atoms. The molecule has 0 unspecified atom stereocenters. The van der Waals surface area contributed by atoms with Gasteiger partial charge >= 0.3 is 0 Å². The van der Waals surface area contributed by atoms with Gasteiger partial charge in [0, 0.05) is 24.5 Å². The molecule has 1 saturated carbocycles. The van der Waals surface area contributed by atoms with Gasteiger partial charge in [0.2, 0.25) is 0 Å². The number of rotatable bonds is 3. The molecule has 1 amide bonds. The van der Waals surface area contributed by atoms with E-state index in [0.717, 1.165) is 36.7 Å². The van der Waals surface area contributed by atoms with Gasteiger partial charge in [-0.2, -0.15) is 10.2 Å². The van der Waals surface area contributed by atoms with E-state index in [2.05, 4.69) is 31.4 Å². The molecule has 0 atom stereocenters. The molecule has 0 radical (unpaired) electrons. The number of anilines is 1. The summed E-state index contributed by atoms with van der Waals surface area (Å²) in [5.41, 5.74) is 0.673. The minimum atomic E-state index is -0.528. The summed E-state index contributed by atoms with van der Waals surface area (Å²) in [6.45, 7) is 0.947. The van der Waals surface area contributed by atoms with Crippen molar-refractivity contribution >= 4 is 27.7 Å². The molecular weight excluding hydrogens is 322 g/mol. The molecule has 2 aliphatic rings. The van der Waals surface area contributed by atoms with Crippen molar-refractivity contribution in [3.8, 4) is 0 Å². The number of nitrogens with zero attached hydrogens (tertiary/aromatic N) is 4. The van der Waals surface area contributed by atoms with Gasteiger partial charge in [-0.15, -0.1) is 0 Å². The predicted octanol–water partition coefficient (Wildman–Crippen LogP) is 1.92. The topological polar surface area (TPSA) is 64.7 Å². The maximum absolute atomic E-state index is 12.5. The molecule has 1 fully saturated rings. The highest BCUT2D eigenvalue weighted by Crippen LogP contribution is 2.44. The predicted molar refractivity (Wildman–Crippen MR) is 76.3 cm³/mol. The Morgan fingerprint density at radius 3 is 2.95 bits per heavy atom. The van der Waals surface area contributed by atoms with E-state index < -0.39 is 5.54 Å². The molecule has 0 saturated heterocycles. The maximum Gasteiger partial charge on any atom is 0.253 e. The van der Waals surface area contributed by atoms with Crippen LogP contribution < -0.4 is 5.32 Å². The van der Waals surface area contributed by atoms with E-state index >= 15 is 0 Å². The quantitative estimate of drug-likeness (QED) is 0.931. The minimum Gasteiger partial charge on any atom is -0.307 e. The molecule has 1 aliphatic heterocycles. The van der Waals surface area contributed by atoms with Gasteiger partial charge in [-0.3, -0.25) is 14.2 Å². The number of nitrogens with one attached hydrogen (secondary N) is 1. The van der Waals surface area contributed by atoms with Crippen molar-refractivity contribution in [3.05, 3.63) is 28.6 Å². The van der Waals surface area contributed by atoms with Crippen LogP contribution in [0.15, 0.2) is 22.9 Å². The largest absolute Gasteiger partial charge is 0.307 e. The summed E-state index contributed by atoms with van der Waals surface area (Å²) in [5.74, 6) is 0.632. The van der Waals surface area contributed by atoms with Crippen LogP contribution in [0.25, 0.3) is 0 Å². The molecule has 20 heavy (non-hydrogen) atoms. The number of hydrogen-bond donors (Lipinski definition) is 1. The van der Waals surface area contributed by atoms with Crippen LogP contribution in [0.1, 0.15) is 25.0 Å². The molecule has 6 nitrogen and oxygen atoms in total. The lowest BCUT2D eigenvalue weighted by Gasteiger charge is -2.14. The van der Waals surface area contributed by atoms with Gasteiger partial charge in [0.15, 0.2) is 5.82 Å². The summed E-state index contributed by atoms with van der Waals surface area (Å²) in [6.07, 6.45) is 7.38. The molecule has 104 valence electrons. The smallest absolute Gasteiger partial charge is 0.253 e. The van der Waals surface area contributed by atoms with Gasteiger partial charge in [0.25, 0.3) is 5.91 Å². The lowest BCUT2D eigenvalue weighted by molar-refractivity contribution is -0.120. The summed E-state index contributed by atoms with van der Waals surface area (Å²) in [5, 5.41) is 11.6. The van der Waals surface area contributed by atoms with E-state index in [0.29, 0.717) is 5.82 Å². The first-order valence-corrected chi connectivity index (χ1v) is 7.55. The second-order valence-electron chi connectivity index (χ2n) is 5.44. The zero-order chi connectivity index (χ0) is 13.7. The van der Waals surface area contributed by atoms with Gasteiger partial charge in [-0.05, 0) is 41.6 Å². The number of hydrogen-bond acceptors (Lipinski definition) is 3. The lowest BCUT2D eigenvalue weighted by atomic mass is 10.2. The van der Waals surface area contributed by atoms with Crippen molar-refractivity contribution in [1.82, 2.24) is 19.6 Å². The Hall–Kier alpha value is -1.63. The van der Waals surface area contributed by atoms with E-state index in [-0.39, 0.29) is 5.91 Å². The summed E-state index contributed by atoms with van der Waals surface area (Å²) < 4.78 is 4.60. The van der Waals surface area contributed by atoms with Crippen LogP contribution in [0.5, 0.6) is 0 Å². The molecule has 1 N–H and O–H groups in total. The normalized spacial score (nSPS) is 18.9. The van der Waals surface area contributed by atoms with Crippen LogP contribution in [0.2, 0.25) is 0 Å². The van der Waals surface area contributed by atoms with Crippen LogP contribution in [0.4, 0.5) is 5.82 Å². The van der Waals surface area contributed by atoms with E-state index in [1.807, 2.05) is 16.9 Å². The molecule has 7 heteroatoms. The van der Waals surface area contributed by atoms with E-state index in [1.54, 1.807) is 10.9 Å². The van der Waals surface area contributed by atoms with Crippen molar-refractivity contribution in [2.45, 2.75) is 37.8 Å². The summed E-state index contributed by atoms with van der Waals surface area (Å²) in [4.78, 5) is 12.5. The second kappa shape index (κ2) is 4.18. The lowest BCUT2D eigenvalue weighted by Crippen LogP contribution is -2.33. The van der Waals surface area contributed by atoms with Gasteiger partial charge in [-0.1, -0.05) is 0 Å². The van der Waals surface area contributed by atoms with Crippen LogP contribution >= 0.6 is 15.9 Å². The fraction of sp³-hybridized carbons (Fsp3) is 0.462. The fourth-order valence-corrected chi connectivity index (χ4v) is 3.05. The Kier molecular flexibility index (Phi) is 2.54. The van der Waals surface area contributed by atoms with Crippen LogP contribution in [0, 0.1) is 0 Å². The number of halogens is 1. The number of aromatic nitrogens is 4. The van der Waals surface area contributed by atoms with Crippen molar-refractivity contribution in [3.63, 3.8) is 0 Å². The first kappa shape index (κ1) is 12.1. The highest BCUT2D eigenvalue weighted by Gasteiger charge is 2.52. The zero-order valence-corrected chi connectivity index (χ0v) is 12.4. The second-order valence-corrected chi connectivity index (χ2v) is 6.35. The average Bonchev–Trinajstić information content (AvgIpc) is 2.73. The molecule has 1 aliphatic carbocycles. The molecule has 0 aromatic carbocycles. The number of carbonyl (C=O) groups excluding carboxylic acids is 1. The van der Waals surface area contributed by atoms with E-state index in [9.17, 15) is 4.79 Å². The Morgan fingerprint density at radius 1 is 1.45 bits per heavy atom. The van der Waals surface area contributed by atoms with Crippen molar-refractivity contribution in [1.29, 1.82) is 0 Å². The third-order valence-electron chi connectivity index (χ3n) is 4.04. The standard InChI is InChI=1S/C13H14BrN5O/c14-9-7-15-19(8-9)13(3-4-13)12(20)16-11-6-10-2-1-5-18(10)17-11/h6-8H,1-5H2,(H,16,17,20). The Bertz CT molecular complexity index is 663.